The lowest BCUT2D eigenvalue weighted by molar-refractivity contribution is 0.520. The van der Waals surface area contributed by atoms with E-state index in [1.807, 2.05) is 27.8 Å². The molecule has 0 aromatic carbocycles. The van der Waals surface area contributed by atoms with E-state index < -0.39 is 5.54 Å². The zero-order valence-corrected chi connectivity index (χ0v) is 8.33. The molecule has 1 aromatic rings. The topological polar surface area (TPSA) is 47.2 Å². The normalized spacial score (nSPS) is 11.1. The van der Waals surface area contributed by atoms with Crippen molar-refractivity contribution in [3.63, 3.8) is 0 Å². The van der Waals surface area contributed by atoms with Crippen molar-refractivity contribution in [2.24, 2.45) is 12.0 Å². The highest BCUT2D eigenvalue weighted by Gasteiger charge is 2.23. The molecule has 1 aromatic heterocycles. The molecule has 0 amide bonds. The molecule has 4 heteroatoms. The number of hydrogen-bond acceptors (Lipinski definition) is 3. The van der Waals surface area contributed by atoms with Gasteiger partial charge in [-0.3, -0.25) is 4.68 Å². The number of aromatic nitrogens is 2. The van der Waals surface area contributed by atoms with Crippen molar-refractivity contribution in [2.75, 3.05) is 0 Å². The van der Waals surface area contributed by atoms with E-state index in [4.69, 9.17) is 0 Å². The Kier molecular flexibility index (Phi) is 2.34. The van der Waals surface area contributed by atoms with Gasteiger partial charge in [0.05, 0.1) is 11.7 Å². The van der Waals surface area contributed by atoms with Crippen molar-refractivity contribution in [1.29, 1.82) is 0 Å². The summed E-state index contributed by atoms with van der Waals surface area (Å²) in [6.45, 7) is 5.67. The highest BCUT2D eigenvalue weighted by molar-refractivity contribution is 5.37. The number of rotatable bonds is 2. The third kappa shape index (κ3) is 1.68. The van der Waals surface area contributed by atoms with Gasteiger partial charge in [-0.1, -0.05) is 0 Å². The number of carbonyl (C=O) groups excluding carboxylic acids is 1. The highest BCUT2D eigenvalue weighted by Crippen LogP contribution is 2.26. The van der Waals surface area contributed by atoms with Gasteiger partial charge in [-0.25, -0.2) is 4.79 Å². The Bertz CT molecular complexity index is 359. The van der Waals surface area contributed by atoms with E-state index in [9.17, 15) is 4.79 Å². The molecule has 0 saturated heterocycles. The first kappa shape index (κ1) is 9.68. The summed E-state index contributed by atoms with van der Waals surface area (Å²) in [5, 5.41) is 4.09. The standard InChI is InChI=1S/C9H13N3O/c1-7-8(5-11-12(7)4)9(2,3)10-6-13/h5H,1-4H3. The molecule has 1 heterocycles. The van der Waals surface area contributed by atoms with E-state index in [2.05, 4.69) is 10.1 Å². The Hall–Kier alpha value is -1.41. The predicted octanol–water partition coefficient (Wildman–Crippen LogP) is 1.30. The monoisotopic (exact) mass is 179 g/mol. The molecule has 0 bridgehead atoms. The predicted molar refractivity (Wildman–Crippen MR) is 49.1 cm³/mol. The van der Waals surface area contributed by atoms with Gasteiger partial charge in [0.2, 0.25) is 6.08 Å². The van der Waals surface area contributed by atoms with Crippen LogP contribution in [0.3, 0.4) is 0 Å². The molecule has 0 N–H and O–H groups in total. The van der Waals surface area contributed by atoms with Gasteiger partial charge in [0.1, 0.15) is 0 Å². The minimum atomic E-state index is -0.528. The van der Waals surface area contributed by atoms with E-state index in [0.717, 1.165) is 11.3 Å². The van der Waals surface area contributed by atoms with Crippen molar-refractivity contribution < 1.29 is 4.79 Å². The fraction of sp³-hybridized carbons (Fsp3) is 0.556. The van der Waals surface area contributed by atoms with Crippen LogP contribution in [-0.2, 0) is 17.4 Å². The van der Waals surface area contributed by atoms with Crippen molar-refractivity contribution in [3.05, 3.63) is 17.5 Å². The van der Waals surface area contributed by atoms with Gasteiger partial charge < -0.3 is 0 Å². The molecule has 1 rings (SSSR count). The van der Waals surface area contributed by atoms with Gasteiger partial charge in [-0.15, -0.1) is 0 Å². The summed E-state index contributed by atoms with van der Waals surface area (Å²) >= 11 is 0. The minimum Gasteiger partial charge on any atom is -0.273 e. The van der Waals surface area contributed by atoms with Gasteiger partial charge in [0.25, 0.3) is 0 Å². The maximum absolute atomic E-state index is 10.2. The molecule has 0 saturated carbocycles. The van der Waals surface area contributed by atoms with Gasteiger partial charge in [-0.05, 0) is 20.8 Å². The molecule has 0 aliphatic heterocycles. The first-order valence-electron chi connectivity index (χ1n) is 4.07. The Morgan fingerprint density at radius 3 is 2.62 bits per heavy atom. The quantitative estimate of drug-likeness (QED) is 0.507. The summed E-state index contributed by atoms with van der Waals surface area (Å²) in [4.78, 5) is 13.9. The minimum absolute atomic E-state index is 0.528. The number of nitrogens with zero attached hydrogens (tertiary/aromatic N) is 3. The van der Waals surface area contributed by atoms with Gasteiger partial charge in [0, 0.05) is 18.3 Å². The van der Waals surface area contributed by atoms with Crippen LogP contribution in [0.15, 0.2) is 11.2 Å². The fourth-order valence-corrected chi connectivity index (χ4v) is 1.27. The van der Waals surface area contributed by atoms with E-state index >= 15 is 0 Å². The Labute approximate surface area is 77.3 Å². The van der Waals surface area contributed by atoms with Gasteiger partial charge >= 0.3 is 0 Å². The second kappa shape index (κ2) is 3.15. The maximum atomic E-state index is 10.2. The molecular weight excluding hydrogens is 166 g/mol. The second-order valence-corrected chi connectivity index (χ2v) is 3.53. The average molecular weight is 179 g/mol. The lowest BCUT2D eigenvalue weighted by atomic mass is 9.96. The van der Waals surface area contributed by atoms with Crippen LogP contribution in [0.25, 0.3) is 0 Å². The zero-order valence-electron chi connectivity index (χ0n) is 8.33. The van der Waals surface area contributed by atoms with E-state index in [0.29, 0.717) is 0 Å². The number of aliphatic imine (C=N–C) groups is 1. The first-order valence-corrected chi connectivity index (χ1v) is 4.07. The molecule has 0 spiro atoms. The van der Waals surface area contributed by atoms with Crippen LogP contribution in [0.2, 0.25) is 0 Å². The Balaban J connectivity index is 3.21. The fourth-order valence-electron chi connectivity index (χ4n) is 1.27. The molecule has 0 aliphatic rings. The summed E-state index contributed by atoms with van der Waals surface area (Å²) in [6, 6.07) is 0. The van der Waals surface area contributed by atoms with Crippen molar-refractivity contribution in [1.82, 2.24) is 9.78 Å². The number of aryl methyl sites for hydroxylation is 1. The molecular formula is C9H13N3O. The largest absolute Gasteiger partial charge is 0.273 e. The molecule has 0 unspecified atom stereocenters. The molecule has 4 nitrogen and oxygen atoms in total. The molecule has 13 heavy (non-hydrogen) atoms. The van der Waals surface area contributed by atoms with Crippen molar-refractivity contribution >= 4 is 6.08 Å². The zero-order chi connectivity index (χ0) is 10.1. The smallest absolute Gasteiger partial charge is 0.235 e. The third-order valence-electron chi connectivity index (χ3n) is 2.22. The Morgan fingerprint density at radius 2 is 2.23 bits per heavy atom. The number of isocyanates is 1. The Morgan fingerprint density at radius 1 is 1.62 bits per heavy atom. The first-order chi connectivity index (χ1) is 5.99. The molecule has 0 radical (unpaired) electrons. The maximum Gasteiger partial charge on any atom is 0.235 e. The lowest BCUT2D eigenvalue weighted by Gasteiger charge is -2.16. The van der Waals surface area contributed by atoms with Crippen molar-refractivity contribution in [2.45, 2.75) is 26.3 Å². The van der Waals surface area contributed by atoms with E-state index in [1.165, 1.54) is 0 Å². The summed E-state index contributed by atoms with van der Waals surface area (Å²) in [5.74, 6) is 0. The molecule has 0 aliphatic carbocycles. The summed E-state index contributed by atoms with van der Waals surface area (Å²) < 4.78 is 1.76. The number of hydrogen-bond donors (Lipinski definition) is 0. The van der Waals surface area contributed by atoms with Crippen LogP contribution in [0.1, 0.15) is 25.1 Å². The molecule has 0 atom stereocenters. The van der Waals surface area contributed by atoms with Crippen LogP contribution in [0.4, 0.5) is 0 Å². The van der Waals surface area contributed by atoms with Crippen LogP contribution in [0.5, 0.6) is 0 Å². The van der Waals surface area contributed by atoms with Crippen LogP contribution >= 0.6 is 0 Å². The third-order valence-corrected chi connectivity index (χ3v) is 2.22. The van der Waals surface area contributed by atoms with Crippen molar-refractivity contribution in [3.8, 4) is 0 Å². The SMILES string of the molecule is Cc1c(C(C)(C)N=C=O)cnn1C. The molecule has 70 valence electrons. The van der Waals surface area contributed by atoms with Crippen LogP contribution in [-0.4, -0.2) is 15.9 Å². The van der Waals surface area contributed by atoms with Crippen LogP contribution < -0.4 is 0 Å². The van der Waals surface area contributed by atoms with Crippen LogP contribution in [0, 0.1) is 6.92 Å². The average Bonchev–Trinajstić information content (AvgIpc) is 2.33. The highest BCUT2D eigenvalue weighted by atomic mass is 16.1. The second-order valence-electron chi connectivity index (χ2n) is 3.53. The molecule has 0 fully saturated rings. The van der Waals surface area contributed by atoms with Gasteiger partial charge in [0.15, 0.2) is 0 Å². The van der Waals surface area contributed by atoms with E-state index in [-0.39, 0.29) is 0 Å². The summed E-state index contributed by atoms with van der Waals surface area (Å²) in [5.41, 5.74) is 1.45. The van der Waals surface area contributed by atoms with E-state index in [1.54, 1.807) is 17.0 Å². The lowest BCUT2D eigenvalue weighted by Crippen LogP contribution is -2.14. The summed E-state index contributed by atoms with van der Waals surface area (Å²) in [7, 11) is 1.86. The summed E-state index contributed by atoms with van der Waals surface area (Å²) in [6.07, 6.45) is 3.31. The van der Waals surface area contributed by atoms with Gasteiger partial charge in [-0.2, -0.15) is 10.1 Å².